The summed E-state index contributed by atoms with van der Waals surface area (Å²) in [4.78, 5) is 13.9. The van der Waals surface area contributed by atoms with E-state index in [1.165, 1.54) is 5.56 Å². The molecule has 92 valence electrons. The molecule has 3 heteroatoms. The second-order valence-corrected chi connectivity index (χ2v) is 4.67. The number of nitrogens with zero attached hydrogens (tertiary/aromatic N) is 1. The molecular weight excluding hydrogens is 212 g/mol. The van der Waals surface area contributed by atoms with Gasteiger partial charge < -0.3 is 10.2 Å². The summed E-state index contributed by atoms with van der Waals surface area (Å²) >= 11 is 0. The third-order valence-corrected chi connectivity index (χ3v) is 3.31. The smallest absolute Gasteiger partial charge is 0.239 e. The molecule has 1 heterocycles. The molecule has 0 bridgehead atoms. The Morgan fingerprint density at radius 2 is 2.06 bits per heavy atom. The molecule has 1 aliphatic heterocycles. The van der Waals surface area contributed by atoms with Crippen LogP contribution in [-0.2, 0) is 11.3 Å². The minimum atomic E-state index is -0.0114. The Bertz CT molecular complexity index is 364. The van der Waals surface area contributed by atoms with Gasteiger partial charge in [-0.05, 0) is 24.8 Å². The molecule has 0 aromatic heterocycles. The number of hydrogen-bond acceptors (Lipinski definition) is 2. The lowest BCUT2D eigenvalue weighted by Crippen LogP contribution is -2.43. The predicted molar refractivity (Wildman–Crippen MR) is 68.6 cm³/mol. The zero-order valence-electron chi connectivity index (χ0n) is 10.4. The van der Waals surface area contributed by atoms with Crippen LogP contribution in [-0.4, -0.2) is 30.4 Å². The van der Waals surface area contributed by atoms with E-state index in [-0.39, 0.29) is 11.9 Å². The van der Waals surface area contributed by atoms with Gasteiger partial charge in [0.1, 0.15) is 0 Å². The summed E-state index contributed by atoms with van der Waals surface area (Å²) in [7, 11) is 1.89. The van der Waals surface area contributed by atoms with Crippen molar-refractivity contribution in [3.05, 3.63) is 35.9 Å². The van der Waals surface area contributed by atoms with Crippen LogP contribution in [0.2, 0.25) is 0 Å². The Morgan fingerprint density at radius 3 is 2.82 bits per heavy atom. The van der Waals surface area contributed by atoms with E-state index in [1.807, 2.05) is 30.1 Å². The molecule has 1 aliphatic rings. The Kier molecular flexibility index (Phi) is 4.15. The Morgan fingerprint density at radius 1 is 1.29 bits per heavy atom. The highest BCUT2D eigenvalue weighted by atomic mass is 16.2. The van der Waals surface area contributed by atoms with E-state index in [0.717, 1.165) is 32.4 Å². The lowest BCUT2D eigenvalue weighted by atomic mass is 10.1. The average molecular weight is 232 g/mol. The summed E-state index contributed by atoms with van der Waals surface area (Å²) in [5, 5.41) is 3.37. The van der Waals surface area contributed by atoms with E-state index in [0.29, 0.717) is 0 Å². The summed E-state index contributed by atoms with van der Waals surface area (Å²) in [6, 6.07) is 10.2. The van der Waals surface area contributed by atoms with Crippen LogP contribution in [0.3, 0.4) is 0 Å². The molecule has 17 heavy (non-hydrogen) atoms. The van der Waals surface area contributed by atoms with Crippen molar-refractivity contribution < 1.29 is 4.79 Å². The maximum Gasteiger partial charge on any atom is 0.239 e. The number of likely N-dealkylation sites (tertiary alicyclic amines) is 1. The summed E-state index contributed by atoms with van der Waals surface area (Å²) < 4.78 is 0. The van der Waals surface area contributed by atoms with E-state index >= 15 is 0 Å². The number of carbonyl (C=O) groups is 1. The summed E-state index contributed by atoms with van der Waals surface area (Å²) in [5.41, 5.74) is 1.23. The minimum absolute atomic E-state index is 0.0114. The first-order valence-corrected chi connectivity index (χ1v) is 6.29. The van der Waals surface area contributed by atoms with Gasteiger partial charge in [-0.1, -0.05) is 30.3 Å². The fraction of sp³-hybridized carbons (Fsp3) is 0.500. The maximum atomic E-state index is 12.0. The molecule has 1 amide bonds. The normalized spacial score (nSPS) is 21.4. The van der Waals surface area contributed by atoms with Crippen LogP contribution in [0.15, 0.2) is 30.3 Å². The predicted octanol–water partition coefficient (Wildman–Crippen LogP) is 1.79. The standard InChI is InChI=1S/C14H20N2O/c1-16-10-6-5-9-13(14(16)17)15-11-12-7-3-2-4-8-12/h2-4,7-8,13,15H,5-6,9-11H2,1H3. The van der Waals surface area contributed by atoms with Crippen molar-refractivity contribution in [2.45, 2.75) is 31.8 Å². The summed E-state index contributed by atoms with van der Waals surface area (Å²) in [6.07, 6.45) is 3.20. The molecular formula is C14H20N2O. The first-order valence-electron chi connectivity index (χ1n) is 6.29. The lowest BCUT2D eigenvalue weighted by molar-refractivity contribution is -0.131. The molecule has 1 unspecified atom stereocenters. The minimum Gasteiger partial charge on any atom is -0.344 e. The highest BCUT2D eigenvalue weighted by molar-refractivity contribution is 5.81. The van der Waals surface area contributed by atoms with Gasteiger partial charge in [0.15, 0.2) is 0 Å². The number of hydrogen-bond donors (Lipinski definition) is 1. The van der Waals surface area contributed by atoms with Crippen LogP contribution < -0.4 is 5.32 Å². The van der Waals surface area contributed by atoms with Crippen LogP contribution in [0.5, 0.6) is 0 Å². The van der Waals surface area contributed by atoms with Gasteiger partial charge in [0, 0.05) is 20.1 Å². The number of nitrogens with one attached hydrogen (secondary N) is 1. The molecule has 2 rings (SSSR count). The number of rotatable bonds is 3. The van der Waals surface area contributed by atoms with Crippen LogP contribution in [0.1, 0.15) is 24.8 Å². The summed E-state index contributed by atoms with van der Waals surface area (Å²) in [6.45, 7) is 1.66. The molecule has 1 fully saturated rings. The largest absolute Gasteiger partial charge is 0.344 e. The molecule has 0 saturated carbocycles. The van der Waals surface area contributed by atoms with Crippen molar-refractivity contribution in [3.8, 4) is 0 Å². The molecule has 1 atom stereocenters. The monoisotopic (exact) mass is 232 g/mol. The average Bonchev–Trinajstić information content (AvgIpc) is 2.52. The summed E-state index contributed by atoms with van der Waals surface area (Å²) in [5.74, 6) is 0.235. The molecule has 1 saturated heterocycles. The van der Waals surface area contributed by atoms with Gasteiger partial charge in [-0.25, -0.2) is 0 Å². The number of amides is 1. The fourth-order valence-electron chi connectivity index (χ4n) is 2.22. The van der Waals surface area contributed by atoms with Gasteiger partial charge >= 0.3 is 0 Å². The zero-order valence-corrected chi connectivity index (χ0v) is 10.4. The van der Waals surface area contributed by atoms with Crippen LogP contribution in [0.4, 0.5) is 0 Å². The quantitative estimate of drug-likeness (QED) is 0.861. The Balaban J connectivity index is 1.91. The highest BCUT2D eigenvalue weighted by Crippen LogP contribution is 2.11. The fourth-order valence-corrected chi connectivity index (χ4v) is 2.22. The molecule has 1 aromatic rings. The van der Waals surface area contributed by atoms with E-state index in [1.54, 1.807) is 0 Å². The molecule has 1 aromatic carbocycles. The van der Waals surface area contributed by atoms with Gasteiger partial charge in [-0.15, -0.1) is 0 Å². The third kappa shape index (κ3) is 3.30. The van der Waals surface area contributed by atoms with Crippen molar-refractivity contribution in [1.82, 2.24) is 10.2 Å². The number of carbonyl (C=O) groups excluding carboxylic acids is 1. The number of likely N-dealkylation sites (N-methyl/N-ethyl adjacent to an activating group) is 1. The van der Waals surface area contributed by atoms with Gasteiger partial charge in [-0.2, -0.15) is 0 Å². The van der Waals surface area contributed by atoms with Crippen molar-refractivity contribution >= 4 is 5.91 Å². The van der Waals surface area contributed by atoms with Crippen LogP contribution in [0, 0.1) is 0 Å². The van der Waals surface area contributed by atoms with Crippen molar-refractivity contribution in [2.75, 3.05) is 13.6 Å². The van der Waals surface area contributed by atoms with Gasteiger partial charge in [-0.3, -0.25) is 4.79 Å². The van der Waals surface area contributed by atoms with Crippen LogP contribution in [0.25, 0.3) is 0 Å². The SMILES string of the molecule is CN1CCCCC(NCc2ccccc2)C1=O. The molecule has 0 aliphatic carbocycles. The second-order valence-electron chi connectivity index (χ2n) is 4.67. The number of benzene rings is 1. The first-order chi connectivity index (χ1) is 8.27. The van der Waals surface area contributed by atoms with E-state index in [4.69, 9.17) is 0 Å². The van der Waals surface area contributed by atoms with Gasteiger partial charge in [0.2, 0.25) is 5.91 Å². The van der Waals surface area contributed by atoms with E-state index < -0.39 is 0 Å². The Labute approximate surface area is 103 Å². The molecule has 1 N–H and O–H groups in total. The third-order valence-electron chi connectivity index (χ3n) is 3.31. The van der Waals surface area contributed by atoms with Crippen molar-refractivity contribution in [3.63, 3.8) is 0 Å². The van der Waals surface area contributed by atoms with E-state index in [9.17, 15) is 4.79 Å². The molecule has 0 spiro atoms. The van der Waals surface area contributed by atoms with Gasteiger partial charge in [0.05, 0.1) is 6.04 Å². The molecule has 0 radical (unpaired) electrons. The highest BCUT2D eigenvalue weighted by Gasteiger charge is 2.23. The zero-order chi connectivity index (χ0) is 12.1. The van der Waals surface area contributed by atoms with Crippen molar-refractivity contribution in [2.24, 2.45) is 0 Å². The van der Waals surface area contributed by atoms with Gasteiger partial charge in [0.25, 0.3) is 0 Å². The Hall–Kier alpha value is -1.35. The maximum absolute atomic E-state index is 12.0. The van der Waals surface area contributed by atoms with E-state index in [2.05, 4.69) is 17.4 Å². The van der Waals surface area contributed by atoms with Crippen LogP contribution >= 0.6 is 0 Å². The lowest BCUT2D eigenvalue weighted by Gasteiger charge is -2.20. The van der Waals surface area contributed by atoms with Crippen molar-refractivity contribution in [1.29, 1.82) is 0 Å². The second kappa shape index (κ2) is 5.82. The topological polar surface area (TPSA) is 32.3 Å². The first kappa shape index (κ1) is 12.1. The molecule has 3 nitrogen and oxygen atoms in total.